The Bertz CT molecular complexity index is 726. The maximum absolute atomic E-state index is 12.2. The van der Waals surface area contributed by atoms with Gasteiger partial charge in [0.15, 0.2) is 11.6 Å². The molecule has 0 saturated heterocycles. The highest BCUT2D eigenvalue weighted by Gasteiger charge is 2.31. The van der Waals surface area contributed by atoms with E-state index >= 15 is 0 Å². The van der Waals surface area contributed by atoms with Crippen molar-refractivity contribution in [1.82, 2.24) is 0 Å². The molecular formula is C18H14INO2. The number of benzene rings is 2. The van der Waals surface area contributed by atoms with Gasteiger partial charge in [-0.05, 0) is 53.3 Å². The number of carbonyl (C=O) groups excluding carboxylic acids is 2. The highest BCUT2D eigenvalue weighted by molar-refractivity contribution is 14.1. The normalized spacial score (nSPS) is 13.2. The third-order valence-corrected chi connectivity index (χ3v) is 4.29. The van der Waals surface area contributed by atoms with Gasteiger partial charge in [-0.2, -0.15) is 0 Å². The highest BCUT2D eigenvalue weighted by Crippen LogP contribution is 2.26. The van der Waals surface area contributed by atoms with Crippen LogP contribution < -0.4 is 5.32 Å². The summed E-state index contributed by atoms with van der Waals surface area (Å²) in [4.78, 5) is 24.4. The third kappa shape index (κ3) is 2.97. The summed E-state index contributed by atoms with van der Waals surface area (Å²) < 4.78 is 1.19. The van der Waals surface area contributed by atoms with E-state index in [1.54, 1.807) is 30.3 Å². The number of hydrogen-bond donors (Lipinski definition) is 1. The average Bonchev–Trinajstić information content (AvgIpc) is 2.78. The molecule has 1 aliphatic carbocycles. The summed E-state index contributed by atoms with van der Waals surface area (Å²) in [6.07, 6.45) is 2.37. The predicted octanol–water partition coefficient (Wildman–Crippen LogP) is 4.10. The van der Waals surface area contributed by atoms with Crippen molar-refractivity contribution >= 4 is 39.8 Å². The second kappa shape index (κ2) is 6.44. The first-order valence-corrected chi connectivity index (χ1v) is 8.13. The van der Waals surface area contributed by atoms with Crippen molar-refractivity contribution in [3.8, 4) is 0 Å². The largest absolute Gasteiger partial charge is 0.385 e. The third-order valence-electron chi connectivity index (χ3n) is 3.57. The molecule has 0 heterocycles. The molecule has 110 valence electrons. The molecule has 3 rings (SSSR count). The van der Waals surface area contributed by atoms with E-state index in [0.29, 0.717) is 29.7 Å². The van der Waals surface area contributed by atoms with Crippen LogP contribution in [0.15, 0.2) is 60.2 Å². The summed E-state index contributed by atoms with van der Waals surface area (Å²) in [5, 5.41) is 3.28. The minimum Gasteiger partial charge on any atom is -0.385 e. The lowest BCUT2D eigenvalue weighted by Gasteiger charge is -2.04. The SMILES string of the molecule is O=C1C(=CCCNc2ccc(I)cc2)C(=O)c2ccccc21. The van der Waals surface area contributed by atoms with Gasteiger partial charge in [0.1, 0.15) is 0 Å². The Morgan fingerprint density at radius 3 is 2.09 bits per heavy atom. The molecule has 0 aliphatic heterocycles. The number of nitrogens with one attached hydrogen (secondary N) is 1. The molecule has 0 unspecified atom stereocenters. The van der Waals surface area contributed by atoms with Crippen LogP contribution in [0.1, 0.15) is 27.1 Å². The van der Waals surface area contributed by atoms with Crippen molar-refractivity contribution in [1.29, 1.82) is 0 Å². The topological polar surface area (TPSA) is 46.2 Å². The molecule has 0 aromatic heterocycles. The molecule has 0 spiro atoms. The highest BCUT2D eigenvalue weighted by atomic mass is 127. The molecule has 1 N–H and O–H groups in total. The van der Waals surface area contributed by atoms with Crippen LogP contribution >= 0.6 is 22.6 Å². The van der Waals surface area contributed by atoms with Crippen LogP contribution in [0.4, 0.5) is 5.69 Å². The van der Waals surface area contributed by atoms with Gasteiger partial charge in [-0.3, -0.25) is 9.59 Å². The van der Waals surface area contributed by atoms with Crippen molar-refractivity contribution in [2.24, 2.45) is 0 Å². The van der Waals surface area contributed by atoms with Crippen LogP contribution in [-0.2, 0) is 0 Å². The summed E-state index contributed by atoms with van der Waals surface area (Å²) in [7, 11) is 0. The zero-order valence-electron chi connectivity index (χ0n) is 11.8. The van der Waals surface area contributed by atoms with Gasteiger partial charge in [0.2, 0.25) is 0 Å². The van der Waals surface area contributed by atoms with Crippen molar-refractivity contribution in [3.05, 3.63) is 74.9 Å². The molecule has 0 fully saturated rings. The van der Waals surface area contributed by atoms with Gasteiger partial charge >= 0.3 is 0 Å². The number of Topliss-reactive ketones (excluding diaryl/α,β-unsaturated/α-hetero) is 2. The van der Waals surface area contributed by atoms with Crippen molar-refractivity contribution in [2.45, 2.75) is 6.42 Å². The molecule has 2 aromatic rings. The van der Waals surface area contributed by atoms with E-state index < -0.39 is 0 Å². The zero-order valence-corrected chi connectivity index (χ0v) is 14.0. The maximum Gasteiger partial charge on any atom is 0.197 e. The molecule has 22 heavy (non-hydrogen) atoms. The Morgan fingerprint density at radius 1 is 0.909 bits per heavy atom. The van der Waals surface area contributed by atoms with E-state index in [2.05, 4.69) is 27.9 Å². The lowest BCUT2D eigenvalue weighted by molar-refractivity contribution is 0.0988. The Hall–Kier alpha value is -1.95. The number of anilines is 1. The summed E-state index contributed by atoms with van der Waals surface area (Å²) in [6, 6.07) is 15.1. The monoisotopic (exact) mass is 403 g/mol. The molecule has 1 aliphatic rings. The Kier molecular flexibility index (Phi) is 4.38. The van der Waals surface area contributed by atoms with E-state index in [4.69, 9.17) is 0 Å². The molecule has 0 radical (unpaired) electrons. The zero-order chi connectivity index (χ0) is 15.5. The van der Waals surface area contributed by atoms with E-state index in [1.807, 2.05) is 24.3 Å². The summed E-state index contributed by atoms with van der Waals surface area (Å²) in [6.45, 7) is 0.682. The van der Waals surface area contributed by atoms with Crippen LogP contribution in [0.2, 0.25) is 0 Å². The number of fused-ring (bicyclic) bond motifs is 1. The second-order valence-corrected chi connectivity index (χ2v) is 6.29. The fourth-order valence-electron chi connectivity index (χ4n) is 2.46. The fourth-order valence-corrected chi connectivity index (χ4v) is 2.82. The molecule has 3 nitrogen and oxygen atoms in total. The molecular weight excluding hydrogens is 389 g/mol. The van der Waals surface area contributed by atoms with Crippen LogP contribution in [0.3, 0.4) is 0 Å². The maximum atomic E-state index is 12.2. The van der Waals surface area contributed by atoms with Gasteiger partial charge < -0.3 is 5.32 Å². The number of halogens is 1. The van der Waals surface area contributed by atoms with Crippen LogP contribution in [0, 0.1) is 3.57 Å². The van der Waals surface area contributed by atoms with Crippen molar-refractivity contribution in [3.63, 3.8) is 0 Å². The smallest absolute Gasteiger partial charge is 0.197 e. The molecule has 0 atom stereocenters. The Balaban J connectivity index is 1.63. The van der Waals surface area contributed by atoms with Gasteiger partial charge in [-0.15, -0.1) is 0 Å². The predicted molar refractivity (Wildman–Crippen MR) is 95.5 cm³/mol. The quantitative estimate of drug-likeness (QED) is 0.362. The molecule has 0 saturated carbocycles. The van der Waals surface area contributed by atoms with Crippen LogP contribution in [-0.4, -0.2) is 18.1 Å². The summed E-state index contributed by atoms with van der Waals surface area (Å²) >= 11 is 2.26. The lowest BCUT2D eigenvalue weighted by atomic mass is 10.1. The van der Waals surface area contributed by atoms with Gasteiger partial charge in [-0.25, -0.2) is 0 Å². The van der Waals surface area contributed by atoms with Gasteiger partial charge in [-0.1, -0.05) is 30.3 Å². The first kappa shape index (κ1) is 15.0. The Labute approximate surface area is 142 Å². The number of carbonyl (C=O) groups is 2. The molecule has 2 aromatic carbocycles. The van der Waals surface area contributed by atoms with Crippen LogP contribution in [0.5, 0.6) is 0 Å². The second-order valence-electron chi connectivity index (χ2n) is 5.04. The number of allylic oxidation sites excluding steroid dienone is 1. The number of ketones is 2. The fraction of sp³-hybridized carbons (Fsp3) is 0.111. The first-order valence-electron chi connectivity index (χ1n) is 7.05. The van der Waals surface area contributed by atoms with Crippen molar-refractivity contribution in [2.75, 3.05) is 11.9 Å². The summed E-state index contributed by atoms with van der Waals surface area (Å²) in [5.41, 5.74) is 2.37. The number of rotatable bonds is 4. The van der Waals surface area contributed by atoms with Gasteiger partial charge in [0, 0.05) is 26.9 Å². The summed E-state index contributed by atoms with van der Waals surface area (Å²) in [5.74, 6) is -0.315. The van der Waals surface area contributed by atoms with Gasteiger partial charge in [0.25, 0.3) is 0 Å². The Morgan fingerprint density at radius 2 is 1.50 bits per heavy atom. The van der Waals surface area contributed by atoms with E-state index in [-0.39, 0.29) is 11.6 Å². The van der Waals surface area contributed by atoms with E-state index in [1.165, 1.54) is 3.57 Å². The molecule has 0 amide bonds. The molecule has 4 heteroatoms. The average molecular weight is 403 g/mol. The van der Waals surface area contributed by atoms with Crippen molar-refractivity contribution < 1.29 is 9.59 Å². The lowest BCUT2D eigenvalue weighted by Crippen LogP contribution is -2.04. The molecule has 0 bridgehead atoms. The minimum atomic E-state index is -0.158. The van der Waals surface area contributed by atoms with Crippen LogP contribution in [0.25, 0.3) is 0 Å². The first-order chi connectivity index (χ1) is 10.7. The minimum absolute atomic E-state index is 0.158. The standard InChI is InChI=1S/C18H14INO2/c19-12-7-9-13(10-8-12)20-11-3-6-16-17(21)14-4-1-2-5-15(14)18(16)22/h1-2,4-10,20H,3,11H2. The van der Waals surface area contributed by atoms with E-state index in [0.717, 1.165) is 5.69 Å². The van der Waals surface area contributed by atoms with E-state index in [9.17, 15) is 9.59 Å². The van der Waals surface area contributed by atoms with Gasteiger partial charge in [0.05, 0.1) is 5.57 Å². The number of hydrogen-bond acceptors (Lipinski definition) is 3.